The number of rotatable bonds is 7. The first kappa shape index (κ1) is 24.3. The lowest BCUT2D eigenvalue weighted by Crippen LogP contribution is -2.54. The lowest BCUT2D eigenvalue weighted by atomic mass is 9.82. The molecule has 4 nitrogen and oxygen atoms in total. The van der Waals surface area contributed by atoms with Gasteiger partial charge in [-0.15, -0.1) is 0 Å². The Balaban J connectivity index is 2.65. The molecule has 0 saturated carbocycles. The number of benzene rings is 1. The number of thiocarbonyl (C=S) groups is 1. The van der Waals surface area contributed by atoms with Crippen LogP contribution in [0.15, 0.2) is 30.3 Å². The molecule has 1 aliphatic heterocycles. The molecule has 0 aliphatic carbocycles. The molecule has 0 bridgehead atoms. The maximum absolute atomic E-state index is 13.8. The molecule has 1 heterocycles. The summed E-state index contributed by atoms with van der Waals surface area (Å²) >= 11 is 5.46. The van der Waals surface area contributed by atoms with Crippen molar-refractivity contribution >= 4 is 29.0 Å². The van der Waals surface area contributed by atoms with Crippen molar-refractivity contribution in [3.8, 4) is 0 Å². The molecule has 0 N–H and O–H groups in total. The van der Waals surface area contributed by atoms with Gasteiger partial charge in [-0.3, -0.25) is 9.59 Å². The van der Waals surface area contributed by atoms with Gasteiger partial charge >= 0.3 is 6.18 Å². The number of likely N-dealkylation sites (tertiary alicyclic amines) is 1. The highest BCUT2D eigenvalue weighted by molar-refractivity contribution is 7.80. The predicted molar refractivity (Wildman–Crippen MR) is 112 cm³/mol. The first-order valence-electron chi connectivity index (χ1n) is 10.1. The monoisotopic (exact) mass is 443 g/mol. The van der Waals surface area contributed by atoms with Crippen LogP contribution in [0.2, 0.25) is 0 Å². The van der Waals surface area contributed by atoms with Crippen LogP contribution in [0.1, 0.15) is 52.5 Å². The molecule has 0 radical (unpaired) electrons. The highest BCUT2D eigenvalue weighted by Gasteiger charge is 2.60. The van der Waals surface area contributed by atoms with E-state index in [4.69, 9.17) is 17.0 Å². The second kappa shape index (κ2) is 9.04. The van der Waals surface area contributed by atoms with Crippen molar-refractivity contribution in [1.29, 1.82) is 0 Å². The van der Waals surface area contributed by atoms with Crippen LogP contribution in [-0.4, -0.2) is 41.0 Å². The Morgan fingerprint density at radius 3 is 2.30 bits per heavy atom. The second-order valence-corrected chi connectivity index (χ2v) is 8.66. The molecule has 0 aromatic heterocycles. The second-order valence-electron chi connectivity index (χ2n) is 8.29. The fourth-order valence-electron chi connectivity index (χ4n) is 3.57. The first-order chi connectivity index (χ1) is 13.9. The molecular weight excluding hydrogens is 415 g/mol. The first-order valence-corrected chi connectivity index (χ1v) is 10.5. The molecular formula is C22H28F3NO3S. The molecule has 1 saturated heterocycles. The van der Waals surface area contributed by atoms with Crippen molar-refractivity contribution in [2.24, 2.45) is 11.3 Å². The Bertz CT molecular complexity index is 795. The number of Topliss-reactive ketones (excluding diaryl/α,β-unsaturated/α-hetero) is 1. The van der Waals surface area contributed by atoms with Crippen molar-refractivity contribution < 1.29 is 27.5 Å². The molecule has 0 spiro atoms. The SMILES string of the molecule is CCCOC(=S)[C@]1(c2ccccc2)CC(C(F)(F)F)CN1C(=O)C(=O)C(C)(C)CC. The van der Waals surface area contributed by atoms with Gasteiger partial charge in [0.05, 0.1) is 12.5 Å². The summed E-state index contributed by atoms with van der Waals surface area (Å²) in [7, 11) is 0. The summed E-state index contributed by atoms with van der Waals surface area (Å²) < 4.78 is 46.9. The number of carbonyl (C=O) groups is 2. The van der Waals surface area contributed by atoms with Gasteiger partial charge in [0, 0.05) is 12.0 Å². The van der Waals surface area contributed by atoms with E-state index in [9.17, 15) is 22.8 Å². The Kier molecular flexibility index (Phi) is 7.32. The van der Waals surface area contributed by atoms with Crippen molar-refractivity contribution in [3.05, 3.63) is 35.9 Å². The van der Waals surface area contributed by atoms with Gasteiger partial charge < -0.3 is 9.64 Å². The third-order valence-corrected chi connectivity index (χ3v) is 6.29. The number of alkyl halides is 3. The molecule has 8 heteroatoms. The summed E-state index contributed by atoms with van der Waals surface area (Å²) in [6.07, 6.45) is -4.04. The van der Waals surface area contributed by atoms with Gasteiger partial charge in [0.1, 0.15) is 5.54 Å². The van der Waals surface area contributed by atoms with Crippen LogP contribution in [0.4, 0.5) is 13.2 Å². The molecule has 1 aliphatic rings. The third kappa shape index (κ3) is 4.53. The van der Waals surface area contributed by atoms with E-state index in [-0.39, 0.29) is 11.7 Å². The molecule has 1 aromatic carbocycles. The molecule has 2 atom stereocenters. The van der Waals surface area contributed by atoms with E-state index in [2.05, 4.69) is 0 Å². The molecule has 1 fully saturated rings. The van der Waals surface area contributed by atoms with Crippen LogP contribution in [0.5, 0.6) is 0 Å². The van der Waals surface area contributed by atoms with Crippen LogP contribution in [0.3, 0.4) is 0 Å². The number of hydrogen-bond acceptors (Lipinski definition) is 4. The van der Waals surface area contributed by atoms with Gasteiger partial charge in [0.25, 0.3) is 5.91 Å². The van der Waals surface area contributed by atoms with Gasteiger partial charge in [-0.05, 0) is 37.0 Å². The third-order valence-electron chi connectivity index (χ3n) is 5.83. The van der Waals surface area contributed by atoms with E-state index < -0.39 is 47.7 Å². The molecule has 1 amide bonds. The van der Waals surface area contributed by atoms with Crippen LogP contribution >= 0.6 is 12.2 Å². The minimum absolute atomic E-state index is 0.113. The fourth-order valence-corrected chi connectivity index (χ4v) is 3.96. The maximum Gasteiger partial charge on any atom is 0.393 e. The highest BCUT2D eigenvalue weighted by atomic mass is 32.1. The average Bonchev–Trinajstić information content (AvgIpc) is 3.13. The van der Waals surface area contributed by atoms with E-state index >= 15 is 0 Å². The minimum atomic E-state index is -4.54. The Morgan fingerprint density at radius 1 is 1.20 bits per heavy atom. The van der Waals surface area contributed by atoms with Crippen molar-refractivity contribution in [2.45, 2.75) is 58.7 Å². The zero-order chi connectivity index (χ0) is 22.7. The topological polar surface area (TPSA) is 46.6 Å². The summed E-state index contributed by atoms with van der Waals surface area (Å²) in [6, 6.07) is 8.30. The lowest BCUT2D eigenvalue weighted by molar-refractivity contribution is -0.171. The Hall–Kier alpha value is -1.96. The molecule has 1 unspecified atom stereocenters. The number of amides is 1. The number of nitrogens with zero attached hydrogens (tertiary/aromatic N) is 1. The zero-order valence-electron chi connectivity index (χ0n) is 17.7. The fraction of sp³-hybridized carbons (Fsp3) is 0.591. The van der Waals surface area contributed by atoms with E-state index in [0.29, 0.717) is 18.4 Å². The summed E-state index contributed by atoms with van der Waals surface area (Å²) in [4.78, 5) is 27.2. The molecule has 2 rings (SSSR count). The number of carbonyl (C=O) groups excluding carboxylic acids is 2. The van der Waals surface area contributed by atoms with E-state index in [1.165, 1.54) is 0 Å². The summed E-state index contributed by atoms with van der Waals surface area (Å²) in [5, 5.41) is -0.113. The average molecular weight is 444 g/mol. The highest BCUT2D eigenvalue weighted by Crippen LogP contribution is 2.49. The Morgan fingerprint density at radius 2 is 1.80 bits per heavy atom. The van der Waals surface area contributed by atoms with E-state index in [1.807, 2.05) is 6.92 Å². The molecule has 30 heavy (non-hydrogen) atoms. The van der Waals surface area contributed by atoms with Gasteiger partial charge in [0.15, 0.2) is 5.05 Å². The summed E-state index contributed by atoms with van der Waals surface area (Å²) in [5.74, 6) is -3.51. The van der Waals surface area contributed by atoms with Crippen molar-refractivity contribution in [1.82, 2.24) is 4.90 Å². The number of ketones is 1. The van der Waals surface area contributed by atoms with Gasteiger partial charge in [-0.25, -0.2) is 0 Å². The van der Waals surface area contributed by atoms with E-state index in [1.54, 1.807) is 51.1 Å². The summed E-state index contributed by atoms with van der Waals surface area (Å²) in [5.41, 5.74) is -2.22. The quantitative estimate of drug-likeness (QED) is 0.437. The van der Waals surface area contributed by atoms with Crippen LogP contribution in [0.25, 0.3) is 0 Å². The van der Waals surface area contributed by atoms with Gasteiger partial charge in [0.2, 0.25) is 5.78 Å². The summed E-state index contributed by atoms with van der Waals surface area (Å²) in [6.45, 7) is 6.40. The largest absolute Gasteiger partial charge is 0.484 e. The molecule has 166 valence electrons. The van der Waals surface area contributed by atoms with Crippen LogP contribution in [-0.2, 0) is 19.9 Å². The normalized spacial score (nSPS) is 22.1. The van der Waals surface area contributed by atoms with Crippen LogP contribution < -0.4 is 0 Å². The van der Waals surface area contributed by atoms with Gasteiger partial charge in [-0.2, -0.15) is 13.2 Å². The minimum Gasteiger partial charge on any atom is -0.484 e. The van der Waals surface area contributed by atoms with Crippen LogP contribution in [0, 0.1) is 11.3 Å². The predicted octanol–water partition coefficient (Wildman–Crippen LogP) is 5.05. The number of halogens is 3. The Labute approximate surface area is 180 Å². The molecule has 1 aromatic rings. The standard InChI is InChI=1S/C22H28F3NO3S/c1-5-12-29-19(30)21(15-10-8-7-9-11-15)13-16(22(23,24)25)14-26(21)18(28)17(27)20(3,4)6-2/h7-11,16H,5-6,12-14H2,1-4H3/t16?,21-/m1/s1. The number of hydrogen-bond donors (Lipinski definition) is 0. The van der Waals surface area contributed by atoms with Crippen molar-refractivity contribution in [3.63, 3.8) is 0 Å². The number of ether oxygens (including phenoxy) is 1. The zero-order valence-corrected chi connectivity index (χ0v) is 18.5. The lowest BCUT2D eigenvalue weighted by Gasteiger charge is -2.39. The smallest absolute Gasteiger partial charge is 0.393 e. The van der Waals surface area contributed by atoms with E-state index in [0.717, 1.165) is 4.90 Å². The van der Waals surface area contributed by atoms with Crippen molar-refractivity contribution in [2.75, 3.05) is 13.2 Å². The maximum atomic E-state index is 13.8. The van der Waals surface area contributed by atoms with Gasteiger partial charge in [-0.1, -0.05) is 58.0 Å².